The topological polar surface area (TPSA) is 17.1 Å². The van der Waals surface area contributed by atoms with E-state index in [1.54, 1.807) is 0 Å². The smallest absolute Gasteiger partial charge is 0.336 e. The van der Waals surface area contributed by atoms with Crippen LogP contribution in [0.3, 0.4) is 0 Å². The Morgan fingerprint density at radius 3 is 2.00 bits per heavy atom. The van der Waals surface area contributed by atoms with Gasteiger partial charge in [-0.2, -0.15) is 0 Å². The number of Topliss-reactive ketones (excluding diaryl/α,β-unsaturated/α-hetero) is 1. The van der Waals surface area contributed by atoms with Gasteiger partial charge in [0.2, 0.25) is 0 Å². The van der Waals surface area contributed by atoms with Crippen LogP contribution < -0.4 is 51.4 Å². The summed E-state index contributed by atoms with van der Waals surface area (Å²) in [5.41, 5.74) is 0. The molecule has 6 heavy (non-hydrogen) atoms. The summed E-state index contributed by atoms with van der Waals surface area (Å²) in [4.78, 5) is 9.75. The van der Waals surface area contributed by atoms with E-state index in [1.807, 2.05) is 0 Å². The molecule has 0 rings (SSSR count). The fourth-order valence-electron chi connectivity index (χ4n) is 0. The van der Waals surface area contributed by atoms with Gasteiger partial charge in [0.25, 0.3) is 0 Å². The maximum absolute atomic E-state index is 9.75. The molecule has 0 bridgehead atoms. The van der Waals surface area contributed by atoms with Gasteiger partial charge in [0, 0.05) is 0 Å². The van der Waals surface area contributed by atoms with Crippen LogP contribution in [-0.4, -0.2) is 5.78 Å². The molecule has 0 saturated heterocycles. The van der Waals surface area contributed by atoms with Gasteiger partial charge in [0.05, 0.1) is 5.78 Å². The SMILES string of the molecule is [CH2-]CC(C)=O.[K+]. The summed E-state index contributed by atoms with van der Waals surface area (Å²) in [5.74, 6) is 0.144. The Kier molecular flexibility index (Phi) is 10.8. The summed E-state index contributed by atoms with van der Waals surface area (Å²) >= 11 is 0. The van der Waals surface area contributed by atoms with Crippen LogP contribution in [0.25, 0.3) is 0 Å². The molecule has 0 heterocycles. The normalized spacial score (nSPS) is 6.33. The molecule has 0 amide bonds. The first-order chi connectivity index (χ1) is 2.27. The van der Waals surface area contributed by atoms with E-state index in [4.69, 9.17) is 0 Å². The molecule has 0 spiro atoms. The molecule has 0 saturated carbocycles. The van der Waals surface area contributed by atoms with Crippen molar-refractivity contribution in [3.8, 4) is 0 Å². The van der Waals surface area contributed by atoms with Crippen LogP contribution in [0.1, 0.15) is 13.3 Å². The van der Waals surface area contributed by atoms with E-state index in [2.05, 4.69) is 6.92 Å². The summed E-state index contributed by atoms with van der Waals surface area (Å²) in [7, 11) is 0. The van der Waals surface area contributed by atoms with Gasteiger partial charge in [-0.05, 0) is 6.92 Å². The first-order valence-corrected chi connectivity index (χ1v) is 1.56. The predicted octanol–water partition coefficient (Wildman–Crippen LogP) is -2.20. The Morgan fingerprint density at radius 2 is 2.00 bits per heavy atom. The van der Waals surface area contributed by atoms with Crippen molar-refractivity contribution < 1.29 is 56.2 Å². The van der Waals surface area contributed by atoms with E-state index in [-0.39, 0.29) is 57.2 Å². The van der Waals surface area contributed by atoms with Crippen molar-refractivity contribution in [2.45, 2.75) is 13.3 Å². The summed E-state index contributed by atoms with van der Waals surface area (Å²) in [6.07, 6.45) is 0.417. The molecule has 30 valence electrons. The molecule has 0 fully saturated rings. The van der Waals surface area contributed by atoms with Gasteiger partial charge in [0.1, 0.15) is 0 Å². The Hall–Kier alpha value is 1.31. The minimum atomic E-state index is 0. The molecule has 0 aliphatic carbocycles. The van der Waals surface area contributed by atoms with Crippen molar-refractivity contribution in [1.82, 2.24) is 0 Å². The number of hydrogen-bond donors (Lipinski definition) is 0. The molecule has 0 aliphatic rings. The fraction of sp³-hybridized carbons (Fsp3) is 0.500. The molecule has 2 heteroatoms. The molecule has 0 N–H and O–H groups in total. The van der Waals surface area contributed by atoms with Crippen molar-refractivity contribution in [2.75, 3.05) is 0 Å². The standard InChI is InChI=1S/C4H7O.K/c1-3-4(2)5;/h1,3H2,2H3;/q-1;+1. The molecule has 0 atom stereocenters. The fourth-order valence-corrected chi connectivity index (χ4v) is 0. The zero-order valence-electron chi connectivity index (χ0n) is 4.32. The van der Waals surface area contributed by atoms with Gasteiger partial charge < -0.3 is 11.7 Å². The van der Waals surface area contributed by atoms with Crippen LogP contribution in [0.15, 0.2) is 0 Å². The van der Waals surface area contributed by atoms with E-state index in [1.165, 1.54) is 6.92 Å². The van der Waals surface area contributed by atoms with Crippen molar-refractivity contribution in [1.29, 1.82) is 0 Å². The van der Waals surface area contributed by atoms with Gasteiger partial charge in [-0.3, -0.25) is 0 Å². The van der Waals surface area contributed by atoms with Crippen molar-refractivity contribution in [3.63, 3.8) is 0 Å². The summed E-state index contributed by atoms with van der Waals surface area (Å²) in [6.45, 7) is 4.86. The monoisotopic (exact) mass is 110 g/mol. The van der Waals surface area contributed by atoms with Crippen molar-refractivity contribution in [3.05, 3.63) is 6.92 Å². The van der Waals surface area contributed by atoms with Crippen LogP contribution in [-0.2, 0) is 4.79 Å². The van der Waals surface area contributed by atoms with E-state index in [0.29, 0.717) is 6.42 Å². The van der Waals surface area contributed by atoms with Crippen LogP contribution in [0, 0.1) is 6.92 Å². The second kappa shape index (κ2) is 6.31. The van der Waals surface area contributed by atoms with Crippen molar-refractivity contribution >= 4 is 5.78 Å². The molecular formula is C4H7KO. The zero-order chi connectivity index (χ0) is 4.28. The molecule has 0 aliphatic heterocycles. The third-order valence-corrected chi connectivity index (χ3v) is 0.352. The number of carbonyl (C=O) groups excluding carboxylic acids is 1. The maximum Gasteiger partial charge on any atom is 1.00 e. The summed E-state index contributed by atoms with van der Waals surface area (Å²) in [5, 5.41) is 0. The maximum atomic E-state index is 9.75. The largest absolute Gasteiger partial charge is 1.00 e. The van der Waals surface area contributed by atoms with Crippen molar-refractivity contribution in [2.24, 2.45) is 0 Å². The van der Waals surface area contributed by atoms with Gasteiger partial charge in [0.15, 0.2) is 0 Å². The molecule has 0 aromatic rings. The number of carbonyl (C=O) groups is 1. The van der Waals surface area contributed by atoms with E-state index in [0.717, 1.165) is 0 Å². The van der Waals surface area contributed by atoms with Crippen LogP contribution in [0.4, 0.5) is 0 Å². The Bertz CT molecular complexity index is 42.8. The molecule has 1 nitrogen and oxygen atoms in total. The first-order valence-electron chi connectivity index (χ1n) is 1.56. The third kappa shape index (κ3) is 9.00. The minimum absolute atomic E-state index is 0. The Labute approximate surface area is 80.9 Å². The molecule has 0 aromatic heterocycles. The molecule has 0 radical (unpaired) electrons. The quantitative estimate of drug-likeness (QED) is 0.277. The number of rotatable bonds is 1. The van der Waals surface area contributed by atoms with Crippen LogP contribution >= 0.6 is 0 Å². The Balaban J connectivity index is 0. The first kappa shape index (κ1) is 10.3. The zero-order valence-corrected chi connectivity index (χ0v) is 7.45. The van der Waals surface area contributed by atoms with Gasteiger partial charge in [-0.1, -0.05) is 0 Å². The minimum Gasteiger partial charge on any atom is -0.336 e. The molecule has 0 aromatic carbocycles. The molecular weight excluding hydrogens is 103 g/mol. The molecule has 0 unspecified atom stereocenters. The van der Waals surface area contributed by atoms with E-state index in [9.17, 15) is 4.79 Å². The third-order valence-electron chi connectivity index (χ3n) is 0.352. The number of hydrogen-bond acceptors (Lipinski definition) is 1. The average molecular weight is 110 g/mol. The average Bonchev–Trinajstić information content (AvgIpc) is 1.38. The predicted molar refractivity (Wildman–Crippen MR) is 20.7 cm³/mol. The van der Waals surface area contributed by atoms with Crippen LogP contribution in [0.5, 0.6) is 0 Å². The summed E-state index contributed by atoms with van der Waals surface area (Å²) < 4.78 is 0. The van der Waals surface area contributed by atoms with Gasteiger partial charge >= 0.3 is 51.4 Å². The van der Waals surface area contributed by atoms with Crippen LogP contribution in [0.2, 0.25) is 0 Å². The second-order valence-corrected chi connectivity index (χ2v) is 0.952. The Morgan fingerprint density at radius 1 is 1.83 bits per heavy atom. The second-order valence-electron chi connectivity index (χ2n) is 0.952. The van der Waals surface area contributed by atoms with E-state index >= 15 is 0 Å². The van der Waals surface area contributed by atoms with Gasteiger partial charge in [-0.15, -0.1) is 6.42 Å². The van der Waals surface area contributed by atoms with E-state index < -0.39 is 0 Å². The summed E-state index contributed by atoms with van der Waals surface area (Å²) in [6, 6.07) is 0. The number of ketones is 1. The van der Waals surface area contributed by atoms with Gasteiger partial charge in [-0.25, -0.2) is 0 Å².